The van der Waals surface area contributed by atoms with Gasteiger partial charge in [-0.25, -0.2) is 0 Å². The summed E-state index contributed by atoms with van der Waals surface area (Å²) in [6.07, 6.45) is 1.42. The minimum atomic E-state index is -0.176. The van der Waals surface area contributed by atoms with Gasteiger partial charge in [-0.15, -0.1) is 12.4 Å². The van der Waals surface area contributed by atoms with Crippen molar-refractivity contribution in [2.45, 2.75) is 32.4 Å². The van der Waals surface area contributed by atoms with Gasteiger partial charge in [-0.2, -0.15) is 0 Å². The van der Waals surface area contributed by atoms with E-state index in [4.69, 9.17) is 0 Å². The normalized spacial score (nSPS) is 25.8. The van der Waals surface area contributed by atoms with Crippen LogP contribution < -0.4 is 5.32 Å². The van der Waals surface area contributed by atoms with Crippen molar-refractivity contribution in [2.75, 3.05) is 45.8 Å². The van der Waals surface area contributed by atoms with Crippen LogP contribution in [0, 0.1) is 12.8 Å². The Balaban J connectivity index is 0.00000225. The second kappa shape index (κ2) is 9.25. The fourth-order valence-electron chi connectivity index (χ4n) is 4.55. The van der Waals surface area contributed by atoms with Crippen LogP contribution in [0.5, 0.6) is 0 Å². The highest BCUT2D eigenvalue weighted by atomic mass is 35.5. The Bertz CT molecular complexity index is 690. The number of nitrogens with zero attached hydrogens (tertiary/aromatic N) is 3. The second-order valence-corrected chi connectivity index (χ2v) is 8.17. The van der Waals surface area contributed by atoms with E-state index in [2.05, 4.69) is 41.4 Å². The number of hydrogen-bond donors (Lipinski definition) is 1. The first-order valence-electron chi connectivity index (χ1n) is 10.2. The number of aryl methyl sites for hydroxylation is 1. The van der Waals surface area contributed by atoms with Gasteiger partial charge in [-0.3, -0.25) is 14.5 Å². The molecule has 0 aliphatic carbocycles. The topological polar surface area (TPSA) is 55.9 Å². The predicted molar refractivity (Wildman–Crippen MR) is 111 cm³/mol. The molecule has 3 aliphatic rings. The average Bonchev–Trinajstić information content (AvgIpc) is 3.31. The molecule has 0 bridgehead atoms. The molecule has 3 heterocycles. The fourth-order valence-corrected chi connectivity index (χ4v) is 4.55. The summed E-state index contributed by atoms with van der Waals surface area (Å²) in [4.78, 5) is 31.8. The highest BCUT2D eigenvalue weighted by Gasteiger charge is 2.39. The van der Waals surface area contributed by atoms with Gasteiger partial charge in [0.25, 0.3) is 0 Å². The van der Waals surface area contributed by atoms with Crippen LogP contribution in [0.1, 0.15) is 24.0 Å². The number of hydrogen-bond acceptors (Lipinski definition) is 4. The molecule has 1 aromatic rings. The third kappa shape index (κ3) is 4.67. The van der Waals surface area contributed by atoms with Gasteiger partial charge in [0, 0.05) is 64.8 Å². The molecule has 3 saturated heterocycles. The Kier molecular flexibility index (Phi) is 6.96. The molecule has 3 fully saturated rings. The molecule has 0 spiro atoms. The maximum Gasteiger partial charge on any atom is 0.228 e. The Hall–Kier alpha value is -1.63. The summed E-state index contributed by atoms with van der Waals surface area (Å²) >= 11 is 0. The van der Waals surface area contributed by atoms with Crippen LogP contribution >= 0.6 is 12.4 Å². The van der Waals surface area contributed by atoms with Gasteiger partial charge in [0.1, 0.15) is 0 Å². The molecule has 6 nitrogen and oxygen atoms in total. The zero-order valence-corrected chi connectivity index (χ0v) is 17.4. The molecule has 0 radical (unpaired) electrons. The number of carbonyl (C=O) groups is 2. The maximum atomic E-state index is 13.0. The molecule has 2 atom stereocenters. The lowest BCUT2D eigenvalue weighted by Crippen LogP contribution is -2.49. The zero-order chi connectivity index (χ0) is 18.8. The molecule has 2 amide bonds. The van der Waals surface area contributed by atoms with Crippen LogP contribution in [0.2, 0.25) is 0 Å². The van der Waals surface area contributed by atoms with Crippen molar-refractivity contribution in [3.05, 3.63) is 35.4 Å². The van der Waals surface area contributed by atoms with Crippen LogP contribution in [-0.4, -0.2) is 78.4 Å². The standard InChI is InChI=1S/C21H30N4O2.ClH/c1-16-2-4-17(5-3-16)13-25-14-18(12-20(25)26)21(27)24-9-6-19(15-24)23-10-7-22-8-11-23;/h2-5,18-19,22H,6-15H2,1H3;1H. The van der Waals surface area contributed by atoms with Crippen LogP contribution in [0.3, 0.4) is 0 Å². The van der Waals surface area contributed by atoms with Gasteiger partial charge in [0.15, 0.2) is 0 Å². The molecule has 7 heteroatoms. The van der Waals surface area contributed by atoms with Crippen molar-refractivity contribution < 1.29 is 9.59 Å². The highest BCUT2D eigenvalue weighted by Crippen LogP contribution is 2.25. The van der Waals surface area contributed by atoms with Crippen molar-refractivity contribution >= 4 is 24.2 Å². The molecule has 2 unspecified atom stereocenters. The van der Waals surface area contributed by atoms with E-state index < -0.39 is 0 Å². The Morgan fingerprint density at radius 1 is 1.11 bits per heavy atom. The Morgan fingerprint density at radius 2 is 1.82 bits per heavy atom. The van der Waals surface area contributed by atoms with Crippen molar-refractivity contribution in [3.8, 4) is 0 Å². The number of rotatable bonds is 4. The molecule has 28 heavy (non-hydrogen) atoms. The first-order valence-corrected chi connectivity index (χ1v) is 10.2. The lowest BCUT2D eigenvalue weighted by Gasteiger charge is -2.32. The molecule has 1 aromatic carbocycles. The molecule has 154 valence electrons. The number of likely N-dealkylation sites (tertiary alicyclic amines) is 2. The summed E-state index contributed by atoms with van der Waals surface area (Å²) in [7, 11) is 0. The Morgan fingerprint density at radius 3 is 2.54 bits per heavy atom. The Labute approximate surface area is 173 Å². The number of nitrogens with one attached hydrogen (secondary N) is 1. The van der Waals surface area contributed by atoms with Gasteiger partial charge in [0.2, 0.25) is 11.8 Å². The minimum absolute atomic E-state index is 0. The van der Waals surface area contributed by atoms with E-state index in [1.165, 1.54) is 5.56 Å². The minimum Gasteiger partial charge on any atom is -0.341 e. The number of piperazine rings is 1. The molecular weight excluding hydrogens is 376 g/mol. The van der Waals surface area contributed by atoms with E-state index in [1.807, 2.05) is 9.80 Å². The van der Waals surface area contributed by atoms with Crippen molar-refractivity contribution in [1.82, 2.24) is 20.0 Å². The summed E-state index contributed by atoms with van der Waals surface area (Å²) in [5, 5.41) is 3.38. The molecule has 0 saturated carbocycles. The lowest BCUT2D eigenvalue weighted by atomic mass is 10.1. The number of halogens is 1. The van der Waals surface area contributed by atoms with Crippen molar-refractivity contribution in [2.24, 2.45) is 5.92 Å². The largest absolute Gasteiger partial charge is 0.341 e. The third-order valence-electron chi connectivity index (χ3n) is 6.20. The first-order chi connectivity index (χ1) is 13.1. The average molecular weight is 407 g/mol. The molecular formula is C21H31ClN4O2. The van der Waals surface area contributed by atoms with Gasteiger partial charge in [0.05, 0.1) is 5.92 Å². The SMILES string of the molecule is Cc1ccc(CN2CC(C(=O)N3CCC(N4CCNCC4)C3)CC2=O)cc1.Cl. The van der Waals surface area contributed by atoms with Crippen molar-refractivity contribution in [1.29, 1.82) is 0 Å². The van der Waals surface area contributed by atoms with E-state index in [9.17, 15) is 9.59 Å². The van der Waals surface area contributed by atoms with Gasteiger partial charge < -0.3 is 15.1 Å². The van der Waals surface area contributed by atoms with Gasteiger partial charge >= 0.3 is 0 Å². The van der Waals surface area contributed by atoms with Gasteiger partial charge in [-0.05, 0) is 18.9 Å². The summed E-state index contributed by atoms with van der Waals surface area (Å²) in [5.41, 5.74) is 2.34. The van der Waals surface area contributed by atoms with E-state index in [0.29, 0.717) is 25.6 Å². The predicted octanol–water partition coefficient (Wildman–Crippen LogP) is 1.27. The first kappa shape index (κ1) is 21.1. The van der Waals surface area contributed by atoms with Crippen molar-refractivity contribution in [3.63, 3.8) is 0 Å². The summed E-state index contributed by atoms with van der Waals surface area (Å²) in [6.45, 7) is 9.08. The second-order valence-electron chi connectivity index (χ2n) is 8.17. The molecule has 0 aromatic heterocycles. The number of carbonyl (C=O) groups excluding carboxylic acids is 2. The van der Waals surface area contributed by atoms with E-state index in [-0.39, 0.29) is 30.1 Å². The van der Waals surface area contributed by atoms with Crippen LogP contribution in [0.4, 0.5) is 0 Å². The smallest absolute Gasteiger partial charge is 0.228 e. The van der Waals surface area contributed by atoms with Gasteiger partial charge in [-0.1, -0.05) is 29.8 Å². The molecule has 1 N–H and O–H groups in total. The van der Waals surface area contributed by atoms with E-state index in [1.54, 1.807) is 0 Å². The monoisotopic (exact) mass is 406 g/mol. The molecule has 4 rings (SSSR count). The zero-order valence-electron chi connectivity index (χ0n) is 16.6. The maximum absolute atomic E-state index is 13.0. The molecule has 3 aliphatic heterocycles. The summed E-state index contributed by atoms with van der Waals surface area (Å²) in [5.74, 6) is 0.101. The highest BCUT2D eigenvalue weighted by molar-refractivity contribution is 5.89. The van der Waals surface area contributed by atoms with Crippen LogP contribution in [0.15, 0.2) is 24.3 Å². The quantitative estimate of drug-likeness (QED) is 0.818. The number of benzene rings is 1. The third-order valence-corrected chi connectivity index (χ3v) is 6.20. The van der Waals surface area contributed by atoms with Crippen LogP contribution in [0.25, 0.3) is 0 Å². The number of amides is 2. The summed E-state index contributed by atoms with van der Waals surface area (Å²) < 4.78 is 0. The fraction of sp³-hybridized carbons (Fsp3) is 0.619. The lowest BCUT2D eigenvalue weighted by molar-refractivity contribution is -0.135. The van der Waals surface area contributed by atoms with E-state index in [0.717, 1.165) is 51.3 Å². The summed E-state index contributed by atoms with van der Waals surface area (Å²) in [6, 6.07) is 8.75. The van der Waals surface area contributed by atoms with Crippen LogP contribution in [-0.2, 0) is 16.1 Å². The van der Waals surface area contributed by atoms with E-state index >= 15 is 0 Å².